The lowest BCUT2D eigenvalue weighted by molar-refractivity contribution is 0.0925. The summed E-state index contributed by atoms with van der Waals surface area (Å²) >= 11 is 0. The Balaban J connectivity index is 0.00000182. The molecule has 1 aliphatic rings. The normalized spacial score (nSPS) is 18.6. The number of halogens is 2. The van der Waals surface area contributed by atoms with Crippen molar-refractivity contribution in [2.45, 2.75) is 51.3 Å². The summed E-state index contributed by atoms with van der Waals surface area (Å²) in [5.41, 5.74) is 8.49. The number of amides is 1. The van der Waals surface area contributed by atoms with E-state index in [9.17, 15) is 4.79 Å². The van der Waals surface area contributed by atoms with Crippen molar-refractivity contribution >= 4 is 30.7 Å². The van der Waals surface area contributed by atoms with Crippen molar-refractivity contribution in [2.75, 3.05) is 0 Å². The maximum absolute atomic E-state index is 12.5. The zero-order chi connectivity index (χ0) is 17.6. The molecule has 7 heteroatoms. The van der Waals surface area contributed by atoms with Crippen molar-refractivity contribution in [3.05, 3.63) is 59.4 Å². The number of hydrogen-bond donors (Lipinski definition) is 2. The Hall–Kier alpha value is -1.82. The third kappa shape index (κ3) is 7.01. The summed E-state index contributed by atoms with van der Waals surface area (Å²) in [5, 5.41) is 3.12. The second kappa shape index (κ2) is 11.1. The number of nitrogens with two attached hydrogens (primary N) is 1. The van der Waals surface area contributed by atoms with Gasteiger partial charge in [0.05, 0.1) is 6.20 Å². The van der Waals surface area contributed by atoms with E-state index in [1.807, 2.05) is 43.3 Å². The van der Waals surface area contributed by atoms with Gasteiger partial charge < -0.3 is 15.8 Å². The first-order valence-electron chi connectivity index (χ1n) is 8.81. The van der Waals surface area contributed by atoms with Crippen LogP contribution in [0.1, 0.15) is 47.3 Å². The topological polar surface area (TPSA) is 77.2 Å². The van der Waals surface area contributed by atoms with E-state index in [1.165, 1.54) is 0 Å². The fourth-order valence-corrected chi connectivity index (χ4v) is 3.04. The monoisotopic (exact) mass is 411 g/mol. The van der Waals surface area contributed by atoms with Crippen LogP contribution < -0.4 is 15.8 Å². The van der Waals surface area contributed by atoms with Gasteiger partial charge in [-0.05, 0) is 62.4 Å². The largest absolute Gasteiger partial charge is 0.487 e. The van der Waals surface area contributed by atoms with Crippen LogP contribution in [-0.2, 0) is 6.61 Å². The predicted molar refractivity (Wildman–Crippen MR) is 112 cm³/mol. The van der Waals surface area contributed by atoms with Crippen LogP contribution >= 0.6 is 24.8 Å². The number of ether oxygens (including phenoxy) is 1. The molecule has 3 rings (SSSR count). The number of nitrogens with one attached hydrogen (secondary N) is 1. The van der Waals surface area contributed by atoms with E-state index in [0.29, 0.717) is 12.2 Å². The number of aryl methyl sites for hydroxylation is 1. The molecular weight excluding hydrogens is 385 g/mol. The van der Waals surface area contributed by atoms with Gasteiger partial charge in [0.2, 0.25) is 0 Å². The molecular formula is C20H27Cl2N3O2. The second-order valence-electron chi connectivity index (χ2n) is 6.71. The Bertz CT molecular complexity index is 717. The van der Waals surface area contributed by atoms with Crippen molar-refractivity contribution in [3.63, 3.8) is 0 Å². The Morgan fingerprint density at radius 1 is 1.19 bits per heavy atom. The fraction of sp³-hybridized carbons (Fsp3) is 0.400. The van der Waals surface area contributed by atoms with Gasteiger partial charge in [0.15, 0.2) is 0 Å². The molecule has 3 N–H and O–H groups in total. The van der Waals surface area contributed by atoms with Crippen LogP contribution in [0.15, 0.2) is 42.6 Å². The molecule has 0 unspecified atom stereocenters. The van der Waals surface area contributed by atoms with Gasteiger partial charge in [0.1, 0.15) is 12.4 Å². The molecule has 2 aromatic rings. The van der Waals surface area contributed by atoms with E-state index < -0.39 is 0 Å². The summed E-state index contributed by atoms with van der Waals surface area (Å²) in [6.45, 7) is 2.34. The summed E-state index contributed by atoms with van der Waals surface area (Å²) in [6, 6.07) is 11.9. The highest BCUT2D eigenvalue weighted by Gasteiger charge is 2.20. The Kier molecular flexibility index (Phi) is 9.56. The Morgan fingerprint density at radius 3 is 2.59 bits per heavy atom. The van der Waals surface area contributed by atoms with Gasteiger partial charge >= 0.3 is 0 Å². The molecule has 27 heavy (non-hydrogen) atoms. The van der Waals surface area contributed by atoms with E-state index in [0.717, 1.165) is 42.7 Å². The van der Waals surface area contributed by atoms with Gasteiger partial charge in [-0.1, -0.05) is 12.1 Å². The fourth-order valence-electron chi connectivity index (χ4n) is 3.04. The zero-order valence-electron chi connectivity index (χ0n) is 15.4. The number of benzene rings is 1. The highest BCUT2D eigenvalue weighted by Crippen LogP contribution is 2.18. The standard InChI is InChI=1S/C20H25N3O2.2ClH/c1-14-5-10-19(12-22-14)25-13-15-3-2-4-16(11-15)20(24)23-18-8-6-17(21)7-9-18;;/h2-5,10-12,17-18H,6-9,13,21H2,1H3,(H,23,24);2*1H. The SMILES string of the molecule is Cc1ccc(OCc2cccc(C(=O)NC3CCC(N)CC3)c2)cn1.Cl.Cl. The van der Waals surface area contributed by atoms with Crippen molar-refractivity contribution < 1.29 is 9.53 Å². The molecule has 0 saturated heterocycles. The summed E-state index contributed by atoms with van der Waals surface area (Å²) < 4.78 is 5.74. The Labute approximate surface area is 172 Å². The van der Waals surface area contributed by atoms with E-state index in [-0.39, 0.29) is 42.8 Å². The average molecular weight is 412 g/mol. The van der Waals surface area contributed by atoms with E-state index in [4.69, 9.17) is 10.5 Å². The van der Waals surface area contributed by atoms with Crippen LogP contribution in [0.5, 0.6) is 5.75 Å². The van der Waals surface area contributed by atoms with E-state index in [1.54, 1.807) is 6.20 Å². The van der Waals surface area contributed by atoms with Gasteiger partial charge in [-0.15, -0.1) is 24.8 Å². The van der Waals surface area contributed by atoms with Crippen LogP contribution in [0.2, 0.25) is 0 Å². The lowest BCUT2D eigenvalue weighted by atomic mass is 9.91. The van der Waals surface area contributed by atoms with Crippen molar-refractivity contribution in [1.29, 1.82) is 0 Å². The van der Waals surface area contributed by atoms with Gasteiger partial charge in [-0.25, -0.2) is 0 Å². The molecule has 0 aliphatic heterocycles. The van der Waals surface area contributed by atoms with Crippen LogP contribution in [0.25, 0.3) is 0 Å². The third-order valence-corrected chi connectivity index (χ3v) is 4.59. The molecule has 1 aromatic heterocycles. The minimum absolute atomic E-state index is 0. The number of aromatic nitrogens is 1. The van der Waals surface area contributed by atoms with Crippen LogP contribution in [0, 0.1) is 6.92 Å². The molecule has 0 spiro atoms. The quantitative estimate of drug-likeness (QED) is 0.783. The highest BCUT2D eigenvalue weighted by molar-refractivity contribution is 5.94. The smallest absolute Gasteiger partial charge is 0.251 e. The minimum atomic E-state index is -0.0284. The van der Waals surface area contributed by atoms with Gasteiger partial charge in [-0.2, -0.15) is 0 Å². The number of carbonyl (C=O) groups excluding carboxylic acids is 1. The number of hydrogen-bond acceptors (Lipinski definition) is 4. The first-order valence-corrected chi connectivity index (χ1v) is 8.81. The van der Waals surface area contributed by atoms with Crippen LogP contribution in [0.3, 0.4) is 0 Å². The maximum Gasteiger partial charge on any atom is 0.251 e. The Morgan fingerprint density at radius 2 is 1.93 bits per heavy atom. The number of rotatable bonds is 5. The van der Waals surface area contributed by atoms with E-state index in [2.05, 4.69) is 10.3 Å². The van der Waals surface area contributed by atoms with Crippen LogP contribution in [0.4, 0.5) is 0 Å². The molecule has 148 valence electrons. The molecule has 0 radical (unpaired) electrons. The lowest BCUT2D eigenvalue weighted by Crippen LogP contribution is -2.40. The number of carbonyl (C=O) groups is 1. The first kappa shape index (κ1) is 23.2. The highest BCUT2D eigenvalue weighted by atomic mass is 35.5. The van der Waals surface area contributed by atoms with Crippen molar-refractivity contribution in [1.82, 2.24) is 10.3 Å². The summed E-state index contributed by atoms with van der Waals surface area (Å²) in [4.78, 5) is 16.7. The van der Waals surface area contributed by atoms with Crippen molar-refractivity contribution in [2.24, 2.45) is 5.73 Å². The lowest BCUT2D eigenvalue weighted by Gasteiger charge is -2.26. The van der Waals surface area contributed by atoms with E-state index >= 15 is 0 Å². The number of pyridine rings is 1. The molecule has 1 amide bonds. The minimum Gasteiger partial charge on any atom is -0.487 e. The van der Waals surface area contributed by atoms with Crippen LogP contribution in [-0.4, -0.2) is 23.0 Å². The van der Waals surface area contributed by atoms with Gasteiger partial charge in [0.25, 0.3) is 5.91 Å². The molecule has 1 aliphatic carbocycles. The first-order chi connectivity index (χ1) is 12.1. The zero-order valence-corrected chi connectivity index (χ0v) is 17.0. The predicted octanol–water partition coefficient (Wildman–Crippen LogP) is 3.81. The average Bonchev–Trinajstić information content (AvgIpc) is 2.63. The summed E-state index contributed by atoms with van der Waals surface area (Å²) in [6.07, 6.45) is 5.57. The van der Waals surface area contributed by atoms with Gasteiger partial charge in [0, 0.05) is 23.3 Å². The maximum atomic E-state index is 12.5. The molecule has 0 bridgehead atoms. The van der Waals surface area contributed by atoms with Gasteiger partial charge in [-0.3, -0.25) is 9.78 Å². The molecule has 1 aromatic carbocycles. The molecule has 1 saturated carbocycles. The molecule has 1 heterocycles. The molecule has 0 atom stereocenters. The van der Waals surface area contributed by atoms with Crippen molar-refractivity contribution in [3.8, 4) is 5.75 Å². The number of nitrogens with zero attached hydrogens (tertiary/aromatic N) is 1. The summed E-state index contributed by atoms with van der Waals surface area (Å²) in [5.74, 6) is 0.693. The summed E-state index contributed by atoms with van der Waals surface area (Å²) in [7, 11) is 0. The molecule has 1 fully saturated rings. The third-order valence-electron chi connectivity index (χ3n) is 4.59. The second-order valence-corrected chi connectivity index (χ2v) is 6.71. The molecule has 5 nitrogen and oxygen atoms in total.